The Kier molecular flexibility index (Phi) is 2.74. The number of benzene rings is 2. The van der Waals surface area contributed by atoms with E-state index < -0.39 is 0 Å². The Morgan fingerprint density at radius 2 is 1.86 bits per heavy atom. The molecule has 0 atom stereocenters. The van der Waals surface area contributed by atoms with Crippen LogP contribution in [-0.2, 0) is 0 Å². The van der Waals surface area contributed by atoms with Gasteiger partial charge in [0.1, 0.15) is 17.2 Å². The van der Waals surface area contributed by atoms with Crippen LogP contribution in [0.5, 0.6) is 0 Å². The first-order valence-corrected chi connectivity index (χ1v) is 7.26. The number of hydrogen-bond acceptors (Lipinski definition) is 2. The lowest BCUT2D eigenvalue weighted by Crippen LogP contribution is -1.93. The lowest BCUT2D eigenvalue weighted by atomic mass is 10.1. The van der Waals surface area contributed by atoms with Crippen molar-refractivity contribution in [3.8, 4) is 11.3 Å². The smallest absolute Gasteiger partial charge is 0.136 e. The van der Waals surface area contributed by atoms with Crippen LogP contribution in [0.15, 0.2) is 46.9 Å². The molecule has 1 heterocycles. The van der Waals surface area contributed by atoms with E-state index in [4.69, 9.17) is 4.42 Å². The zero-order valence-electron chi connectivity index (χ0n) is 11.8. The summed E-state index contributed by atoms with van der Waals surface area (Å²) in [5.41, 5.74) is 4.27. The summed E-state index contributed by atoms with van der Waals surface area (Å²) in [4.78, 5) is 0. The van der Waals surface area contributed by atoms with Gasteiger partial charge < -0.3 is 9.73 Å². The van der Waals surface area contributed by atoms with Gasteiger partial charge in [-0.25, -0.2) is 4.39 Å². The van der Waals surface area contributed by atoms with Gasteiger partial charge in [0.2, 0.25) is 0 Å². The van der Waals surface area contributed by atoms with Crippen molar-refractivity contribution in [2.45, 2.75) is 18.8 Å². The Labute approximate surface area is 122 Å². The van der Waals surface area contributed by atoms with Gasteiger partial charge in [-0.05, 0) is 60.7 Å². The maximum Gasteiger partial charge on any atom is 0.136 e. The lowest BCUT2D eigenvalue weighted by Gasteiger charge is -2.07. The van der Waals surface area contributed by atoms with Gasteiger partial charge in [0.15, 0.2) is 0 Å². The number of furan rings is 1. The third-order valence-corrected chi connectivity index (χ3v) is 4.10. The van der Waals surface area contributed by atoms with E-state index in [0.29, 0.717) is 5.92 Å². The first-order valence-electron chi connectivity index (χ1n) is 7.26. The number of rotatable bonds is 3. The Balaban J connectivity index is 1.83. The lowest BCUT2D eigenvalue weighted by molar-refractivity contribution is 0.623. The maximum absolute atomic E-state index is 13.0. The van der Waals surface area contributed by atoms with Crippen LogP contribution in [0.4, 0.5) is 10.1 Å². The monoisotopic (exact) mass is 281 g/mol. The predicted molar refractivity (Wildman–Crippen MR) is 83.1 cm³/mol. The van der Waals surface area contributed by atoms with E-state index in [2.05, 4.69) is 17.4 Å². The van der Waals surface area contributed by atoms with Crippen LogP contribution in [0, 0.1) is 5.82 Å². The van der Waals surface area contributed by atoms with Gasteiger partial charge in [0.05, 0.1) is 0 Å². The summed E-state index contributed by atoms with van der Waals surface area (Å²) < 4.78 is 18.9. The Morgan fingerprint density at radius 3 is 2.52 bits per heavy atom. The minimum atomic E-state index is -0.233. The van der Waals surface area contributed by atoms with Crippen LogP contribution < -0.4 is 5.32 Å². The number of nitrogens with one attached hydrogen (secondary N) is 1. The summed E-state index contributed by atoms with van der Waals surface area (Å²) in [5, 5.41) is 4.36. The zero-order valence-corrected chi connectivity index (χ0v) is 11.8. The van der Waals surface area contributed by atoms with E-state index in [9.17, 15) is 4.39 Å². The van der Waals surface area contributed by atoms with Crippen molar-refractivity contribution in [3.05, 3.63) is 53.8 Å². The summed E-state index contributed by atoms with van der Waals surface area (Å²) in [6.45, 7) is 0. The fourth-order valence-electron chi connectivity index (χ4n) is 2.81. The van der Waals surface area contributed by atoms with Crippen LogP contribution >= 0.6 is 0 Å². The maximum atomic E-state index is 13.0. The highest BCUT2D eigenvalue weighted by Crippen LogP contribution is 2.45. The summed E-state index contributed by atoms with van der Waals surface area (Å²) in [6, 6.07) is 12.7. The highest BCUT2D eigenvalue weighted by molar-refractivity contribution is 5.87. The summed E-state index contributed by atoms with van der Waals surface area (Å²) in [7, 11) is 1.94. The minimum Gasteiger partial charge on any atom is -0.456 e. The van der Waals surface area contributed by atoms with Crippen LogP contribution in [0.2, 0.25) is 0 Å². The molecule has 4 rings (SSSR count). The van der Waals surface area contributed by atoms with Crippen molar-refractivity contribution in [1.82, 2.24) is 0 Å². The van der Waals surface area contributed by atoms with Crippen molar-refractivity contribution in [2.75, 3.05) is 12.4 Å². The quantitative estimate of drug-likeness (QED) is 0.717. The highest BCUT2D eigenvalue weighted by atomic mass is 19.1. The second-order valence-corrected chi connectivity index (χ2v) is 5.62. The van der Waals surface area contributed by atoms with Crippen LogP contribution in [0.25, 0.3) is 22.3 Å². The van der Waals surface area contributed by atoms with E-state index in [0.717, 1.165) is 28.0 Å². The van der Waals surface area contributed by atoms with Gasteiger partial charge in [0, 0.05) is 29.8 Å². The Bertz CT molecular complexity index is 800. The topological polar surface area (TPSA) is 25.2 Å². The first-order chi connectivity index (χ1) is 10.2. The molecule has 21 heavy (non-hydrogen) atoms. The largest absolute Gasteiger partial charge is 0.456 e. The molecule has 0 bridgehead atoms. The van der Waals surface area contributed by atoms with Crippen molar-refractivity contribution in [1.29, 1.82) is 0 Å². The standard InChI is InChI=1S/C18H16FNO/c1-20-16-10-18-13(8-15(16)11-2-3-11)9-17(21-18)12-4-6-14(19)7-5-12/h4-11,20H,2-3H2,1H3. The van der Waals surface area contributed by atoms with E-state index in [1.54, 1.807) is 12.1 Å². The first kappa shape index (κ1) is 12.5. The third kappa shape index (κ3) is 2.19. The van der Waals surface area contributed by atoms with Gasteiger partial charge in [-0.2, -0.15) is 0 Å². The molecule has 0 saturated heterocycles. The average molecular weight is 281 g/mol. The molecule has 3 heteroatoms. The van der Waals surface area contributed by atoms with Gasteiger partial charge >= 0.3 is 0 Å². The molecule has 0 amide bonds. The van der Waals surface area contributed by atoms with Crippen molar-refractivity contribution in [2.24, 2.45) is 0 Å². The number of anilines is 1. The Hall–Kier alpha value is -2.29. The summed E-state index contributed by atoms with van der Waals surface area (Å²) in [5.74, 6) is 1.23. The molecule has 1 aliphatic carbocycles. The van der Waals surface area contributed by atoms with Crippen LogP contribution in [0.1, 0.15) is 24.3 Å². The molecule has 2 aromatic carbocycles. The van der Waals surface area contributed by atoms with Crippen molar-refractivity contribution >= 4 is 16.7 Å². The van der Waals surface area contributed by atoms with Gasteiger partial charge in [-0.3, -0.25) is 0 Å². The van der Waals surface area contributed by atoms with Gasteiger partial charge in [-0.15, -0.1) is 0 Å². The molecular weight excluding hydrogens is 265 g/mol. The Morgan fingerprint density at radius 1 is 1.10 bits per heavy atom. The molecule has 0 aliphatic heterocycles. The number of hydrogen-bond donors (Lipinski definition) is 1. The zero-order chi connectivity index (χ0) is 14.4. The number of fused-ring (bicyclic) bond motifs is 1. The van der Waals surface area contributed by atoms with E-state index in [-0.39, 0.29) is 5.82 Å². The van der Waals surface area contributed by atoms with E-state index >= 15 is 0 Å². The molecule has 1 fully saturated rings. The molecule has 2 nitrogen and oxygen atoms in total. The van der Waals surface area contributed by atoms with Gasteiger partial charge in [0.25, 0.3) is 0 Å². The minimum absolute atomic E-state index is 0.233. The second-order valence-electron chi connectivity index (χ2n) is 5.62. The SMILES string of the molecule is CNc1cc2oc(-c3ccc(F)cc3)cc2cc1C1CC1. The molecule has 1 saturated carbocycles. The highest BCUT2D eigenvalue weighted by Gasteiger charge is 2.26. The number of halogens is 1. The normalized spacial score (nSPS) is 14.6. The molecule has 0 unspecified atom stereocenters. The molecule has 3 aromatic rings. The van der Waals surface area contributed by atoms with Crippen LogP contribution in [0.3, 0.4) is 0 Å². The molecule has 0 spiro atoms. The molecule has 1 aromatic heterocycles. The summed E-state index contributed by atoms with van der Waals surface area (Å²) >= 11 is 0. The van der Waals surface area contributed by atoms with E-state index in [1.165, 1.54) is 30.5 Å². The fourth-order valence-corrected chi connectivity index (χ4v) is 2.81. The molecule has 1 N–H and O–H groups in total. The molecular formula is C18H16FNO. The molecule has 0 radical (unpaired) electrons. The van der Waals surface area contributed by atoms with Crippen molar-refractivity contribution in [3.63, 3.8) is 0 Å². The predicted octanol–water partition coefficient (Wildman–Crippen LogP) is 5.16. The van der Waals surface area contributed by atoms with E-state index in [1.807, 2.05) is 13.1 Å². The van der Waals surface area contributed by atoms with Crippen LogP contribution in [-0.4, -0.2) is 7.05 Å². The van der Waals surface area contributed by atoms with Crippen molar-refractivity contribution < 1.29 is 8.81 Å². The third-order valence-electron chi connectivity index (χ3n) is 4.10. The van der Waals surface area contributed by atoms with Gasteiger partial charge in [-0.1, -0.05) is 0 Å². The molecule has 106 valence electrons. The summed E-state index contributed by atoms with van der Waals surface area (Å²) in [6.07, 6.45) is 2.53. The second kappa shape index (κ2) is 4.62. The fraction of sp³-hybridized carbons (Fsp3) is 0.222. The molecule has 1 aliphatic rings. The average Bonchev–Trinajstić information content (AvgIpc) is 3.26.